The molecule has 1 aliphatic heterocycles. The molecule has 0 radical (unpaired) electrons. The number of nitrogens with zero attached hydrogens (tertiary/aromatic N) is 4. The topological polar surface area (TPSA) is 122 Å². The first kappa shape index (κ1) is 23.8. The molecule has 2 amide bonds. The third kappa shape index (κ3) is 5.78. The summed E-state index contributed by atoms with van der Waals surface area (Å²) in [4.78, 5) is 28.3. The van der Waals surface area contributed by atoms with Crippen molar-refractivity contribution < 1.29 is 14.1 Å². The number of amides is 2. The number of nitrogens with one attached hydrogen (secondary N) is 2. The summed E-state index contributed by atoms with van der Waals surface area (Å²) < 4.78 is 5.26. The van der Waals surface area contributed by atoms with Crippen LogP contribution in [0.2, 0.25) is 10.0 Å². The molecule has 0 fully saturated rings. The number of rotatable bonds is 10. The number of hydrogen-bond donors (Lipinski definition) is 2. The number of aromatic nitrogens is 2. The van der Waals surface area contributed by atoms with E-state index in [0.717, 1.165) is 5.57 Å². The molecule has 11 heteroatoms. The fraction of sp³-hybridized carbons (Fsp3) is 0.304. The molecule has 2 heterocycles. The summed E-state index contributed by atoms with van der Waals surface area (Å²) in [7, 11) is 0. The highest BCUT2D eigenvalue weighted by atomic mass is 35.5. The third-order valence-corrected chi connectivity index (χ3v) is 5.86. The average Bonchev–Trinajstić information content (AvgIpc) is 3.28. The molecule has 0 spiro atoms. The van der Waals surface area contributed by atoms with Crippen LogP contribution in [0.1, 0.15) is 25.2 Å². The van der Waals surface area contributed by atoms with E-state index >= 15 is 0 Å². The Bertz CT molecular complexity index is 1180. The number of carbonyl (C=O) groups is 2. The summed E-state index contributed by atoms with van der Waals surface area (Å²) in [6.45, 7) is 1.10. The Morgan fingerprint density at radius 1 is 1.09 bits per heavy atom. The zero-order valence-corrected chi connectivity index (χ0v) is 19.6. The van der Waals surface area contributed by atoms with Crippen LogP contribution < -0.4 is 10.6 Å². The van der Waals surface area contributed by atoms with Crippen LogP contribution in [0.25, 0.3) is 11.4 Å². The van der Waals surface area contributed by atoms with Crippen LogP contribution in [0.4, 0.5) is 0 Å². The molecule has 4 rings (SSSR count). The summed E-state index contributed by atoms with van der Waals surface area (Å²) in [6, 6.07) is 5.15. The Balaban J connectivity index is 1.15. The molecule has 34 heavy (non-hydrogen) atoms. The molecule has 1 aromatic heterocycles. The van der Waals surface area contributed by atoms with Crippen molar-refractivity contribution in [1.82, 2.24) is 20.8 Å². The van der Waals surface area contributed by atoms with Crippen molar-refractivity contribution in [3.63, 3.8) is 0 Å². The molecule has 9 nitrogen and oxygen atoms in total. The number of benzene rings is 1. The molecule has 1 aliphatic carbocycles. The van der Waals surface area contributed by atoms with E-state index in [9.17, 15) is 9.59 Å². The highest BCUT2D eigenvalue weighted by Crippen LogP contribution is 2.32. The standard InChI is InChI=1S/C23H22Cl2N6O3/c24-16-8-3-9-17(25)20(16)22-28-19(34-31-22)11-4-10-18(32)26-12-5-13-27-21-14-6-1-2-7-15(14)23(33)30-29-21/h1-3,6-9,15,27H,4-5,10-13H2,(H,26,32). The maximum atomic E-state index is 12.1. The van der Waals surface area contributed by atoms with Gasteiger partial charge >= 0.3 is 0 Å². The van der Waals surface area contributed by atoms with Gasteiger partial charge in [0.1, 0.15) is 0 Å². The van der Waals surface area contributed by atoms with E-state index in [-0.39, 0.29) is 17.7 Å². The molecule has 1 atom stereocenters. The van der Waals surface area contributed by atoms with Crippen molar-refractivity contribution in [1.29, 1.82) is 0 Å². The van der Waals surface area contributed by atoms with Crippen molar-refractivity contribution in [2.24, 2.45) is 16.1 Å². The van der Waals surface area contributed by atoms with Gasteiger partial charge in [0, 0.05) is 31.5 Å². The number of carbonyl (C=O) groups excluding carboxylic acids is 2. The first-order valence-electron chi connectivity index (χ1n) is 10.8. The van der Waals surface area contributed by atoms with Gasteiger partial charge in [-0.15, -0.1) is 10.2 Å². The van der Waals surface area contributed by atoms with Gasteiger partial charge in [-0.25, -0.2) is 0 Å². The van der Waals surface area contributed by atoms with Gasteiger partial charge in [0.25, 0.3) is 5.91 Å². The number of aryl methyl sites for hydroxylation is 1. The lowest BCUT2D eigenvalue weighted by Crippen LogP contribution is -2.28. The maximum Gasteiger partial charge on any atom is 0.276 e. The Labute approximate surface area is 206 Å². The maximum absolute atomic E-state index is 12.1. The molecule has 2 aliphatic rings. The molecular weight excluding hydrogens is 479 g/mol. The van der Waals surface area contributed by atoms with Crippen LogP contribution >= 0.6 is 23.2 Å². The molecule has 0 saturated heterocycles. The van der Waals surface area contributed by atoms with Gasteiger partial charge in [0.2, 0.25) is 17.6 Å². The molecule has 1 unspecified atom stereocenters. The summed E-state index contributed by atoms with van der Waals surface area (Å²) in [5.74, 6) is 0.640. The highest BCUT2D eigenvalue weighted by molar-refractivity contribution is 6.38. The smallest absolute Gasteiger partial charge is 0.276 e. The number of hydrogen-bond acceptors (Lipinski definition) is 7. The van der Waals surface area contributed by atoms with Crippen LogP contribution in [0, 0.1) is 5.92 Å². The van der Waals surface area contributed by atoms with Gasteiger partial charge < -0.3 is 15.2 Å². The van der Waals surface area contributed by atoms with Crippen LogP contribution in [0.3, 0.4) is 0 Å². The second-order valence-corrected chi connectivity index (χ2v) is 8.47. The van der Waals surface area contributed by atoms with Crippen LogP contribution in [-0.2, 0) is 16.0 Å². The van der Waals surface area contributed by atoms with Crippen molar-refractivity contribution >= 4 is 35.0 Å². The molecule has 2 N–H and O–H groups in total. The lowest BCUT2D eigenvalue weighted by molar-refractivity contribution is -0.121. The quantitative estimate of drug-likeness (QED) is 0.465. The van der Waals surface area contributed by atoms with Crippen molar-refractivity contribution in [3.8, 4) is 11.4 Å². The van der Waals surface area contributed by atoms with Gasteiger partial charge in [0.15, 0.2) is 5.82 Å². The summed E-state index contributed by atoms with van der Waals surface area (Å²) in [5, 5.41) is 18.5. The first-order chi connectivity index (χ1) is 16.5. The number of fused-ring (bicyclic) bond motifs is 1. The summed E-state index contributed by atoms with van der Waals surface area (Å²) in [6.07, 6.45) is 9.42. The third-order valence-electron chi connectivity index (χ3n) is 5.23. The summed E-state index contributed by atoms with van der Waals surface area (Å²) in [5.41, 5.74) is 1.34. The van der Waals surface area contributed by atoms with E-state index in [1.165, 1.54) is 0 Å². The zero-order valence-electron chi connectivity index (χ0n) is 18.1. The first-order valence-corrected chi connectivity index (χ1v) is 11.6. The molecule has 1 aromatic carbocycles. The molecular formula is C23H22Cl2N6O3. The van der Waals surface area contributed by atoms with Crippen molar-refractivity contribution in [3.05, 3.63) is 69.8 Å². The van der Waals surface area contributed by atoms with E-state index < -0.39 is 0 Å². The van der Waals surface area contributed by atoms with E-state index in [4.69, 9.17) is 27.7 Å². The van der Waals surface area contributed by atoms with E-state index in [2.05, 4.69) is 31.0 Å². The van der Waals surface area contributed by atoms with Crippen LogP contribution in [0.15, 0.2) is 68.6 Å². The van der Waals surface area contributed by atoms with E-state index in [0.29, 0.717) is 71.9 Å². The number of halogens is 2. The minimum absolute atomic E-state index is 0.0562. The van der Waals surface area contributed by atoms with Gasteiger partial charge in [-0.2, -0.15) is 4.98 Å². The van der Waals surface area contributed by atoms with Crippen LogP contribution in [-0.4, -0.2) is 35.0 Å². The van der Waals surface area contributed by atoms with Gasteiger partial charge in [-0.1, -0.05) is 58.7 Å². The van der Waals surface area contributed by atoms with Gasteiger partial charge in [-0.3, -0.25) is 9.59 Å². The second-order valence-electron chi connectivity index (χ2n) is 7.66. The van der Waals surface area contributed by atoms with E-state index in [1.807, 2.05) is 18.2 Å². The van der Waals surface area contributed by atoms with Gasteiger partial charge in [0.05, 0.1) is 21.5 Å². The fourth-order valence-corrected chi connectivity index (χ4v) is 4.09. The lowest BCUT2D eigenvalue weighted by Gasteiger charge is -2.20. The lowest BCUT2D eigenvalue weighted by atomic mass is 9.93. The minimum Gasteiger partial charge on any atom is -0.368 e. The monoisotopic (exact) mass is 500 g/mol. The number of allylic oxidation sites excluding steroid dienone is 3. The highest BCUT2D eigenvalue weighted by Gasteiger charge is 2.27. The van der Waals surface area contributed by atoms with Crippen molar-refractivity contribution in [2.75, 3.05) is 13.1 Å². The fourth-order valence-electron chi connectivity index (χ4n) is 3.52. The Morgan fingerprint density at radius 2 is 1.91 bits per heavy atom. The Hall–Kier alpha value is -3.30. The number of azo groups is 1. The van der Waals surface area contributed by atoms with Gasteiger partial charge in [-0.05, 0) is 25.0 Å². The van der Waals surface area contributed by atoms with E-state index in [1.54, 1.807) is 24.3 Å². The second kappa shape index (κ2) is 11.2. The normalized spacial score (nSPS) is 16.6. The zero-order chi connectivity index (χ0) is 23.9. The minimum atomic E-state index is -0.374. The average molecular weight is 501 g/mol. The SMILES string of the molecule is O=C(CCCc1nc(-c2c(Cl)cccc2Cl)no1)NCCCNC1=C2C=CC=CC2C(=O)N=N1. The van der Waals surface area contributed by atoms with Crippen molar-refractivity contribution in [2.45, 2.75) is 25.7 Å². The Morgan fingerprint density at radius 3 is 2.74 bits per heavy atom. The van der Waals surface area contributed by atoms with Crippen LogP contribution in [0.5, 0.6) is 0 Å². The molecule has 0 saturated carbocycles. The molecule has 2 aromatic rings. The Kier molecular flexibility index (Phi) is 7.87. The molecule has 176 valence electrons. The summed E-state index contributed by atoms with van der Waals surface area (Å²) >= 11 is 12.4. The molecule has 0 bridgehead atoms. The predicted octanol–water partition coefficient (Wildman–Crippen LogP) is 4.41. The predicted molar refractivity (Wildman–Crippen MR) is 127 cm³/mol. The largest absolute Gasteiger partial charge is 0.368 e.